The first-order chi connectivity index (χ1) is 8.62. The molecule has 0 aliphatic rings. The monoisotopic (exact) mass is 336 g/mol. The molecule has 0 saturated heterocycles. The van der Waals surface area contributed by atoms with Crippen molar-refractivity contribution in [2.75, 3.05) is 0 Å². The van der Waals surface area contributed by atoms with Gasteiger partial charge >= 0.3 is 6.18 Å². The Morgan fingerprint density at radius 1 is 1.32 bits per heavy atom. The van der Waals surface area contributed by atoms with Gasteiger partial charge in [0.2, 0.25) is 0 Å². The SMILES string of the molecule is Cc1ccc(CC(Br)C(=O)C(C)C)cc1C(F)(F)F. The van der Waals surface area contributed by atoms with E-state index in [9.17, 15) is 18.0 Å². The summed E-state index contributed by atoms with van der Waals surface area (Å²) in [4.78, 5) is 11.3. The number of Topliss-reactive ketones (excluding diaryl/α,β-unsaturated/α-hetero) is 1. The third-order valence-corrected chi connectivity index (χ3v) is 3.68. The summed E-state index contributed by atoms with van der Waals surface area (Å²) in [5, 5.41) is 0. The van der Waals surface area contributed by atoms with Gasteiger partial charge in [0.1, 0.15) is 5.78 Å². The molecule has 5 heteroatoms. The number of hydrogen-bond acceptors (Lipinski definition) is 1. The van der Waals surface area contributed by atoms with Gasteiger partial charge in [-0.1, -0.05) is 41.9 Å². The van der Waals surface area contributed by atoms with Crippen LogP contribution in [0, 0.1) is 12.8 Å². The molecule has 0 N–H and O–H groups in total. The van der Waals surface area contributed by atoms with Crippen molar-refractivity contribution in [1.29, 1.82) is 0 Å². The van der Waals surface area contributed by atoms with E-state index in [0.717, 1.165) is 6.07 Å². The molecule has 0 saturated carbocycles. The molecule has 106 valence electrons. The number of alkyl halides is 4. The fraction of sp³-hybridized carbons (Fsp3) is 0.500. The first-order valence-corrected chi connectivity index (χ1v) is 6.89. The molecule has 0 amide bonds. The van der Waals surface area contributed by atoms with Crippen molar-refractivity contribution >= 4 is 21.7 Å². The molecule has 0 heterocycles. The van der Waals surface area contributed by atoms with Crippen LogP contribution in [0.1, 0.15) is 30.5 Å². The zero-order chi connectivity index (χ0) is 14.8. The van der Waals surface area contributed by atoms with Crippen LogP contribution < -0.4 is 0 Å². The summed E-state index contributed by atoms with van der Waals surface area (Å²) >= 11 is 3.24. The summed E-state index contributed by atoms with van der Waals surface area (Å²) in [6, 6.07) is 4.20. The van der Waals surface area contributed by atoms with E-state index in [1.54, 1.807) is 19.9 Å². The summed E-state index contributed by atoms with van der Waals surface area (Å²) in [6.45, 7) is 4.97. The molecule has 1 atom stereocenters. The number of ketones is 1. The fourth-order valence-corrected chi connectivity index (χ4v) is 2.67. The Morgan fingerprint density at radius 3 is 2.37 bits per heavy atom. The van der Waals surface area contributed by atoms with Gasteiger partial charge in [-0.3, -0.25) is 4.79 Å². The predicted molar refractivity (Wildman–Crippen MR) is 72.4 cm³/mol. The van der Waals surface area contributed by atoms with E-state index in [-0.39, 0.29) is 23.7 Å². The lowest BCUT2D eigenvalue weighted by Crippen LogP contribution is -2.22. The maximum Gasteiger partial charge on any atom is 0.416 e. The summed E-state index contributed by atoms with van der Waals surface area (Å²) < 4.78 is 38.3. The minimum Gasteiger partial charge on any atom is -0.298 e. The minimum absolute atomic E-state index is 0.00543. The lowest BCUT2D eigenvalue weighted by atomic mass is 9.98. The average Bonchev–Trinajstić information content (AvgIpc) is 2.28. The van der Waals surface area contributed by atoms with Crippen LogP contribution in [0.3, 0.4) is 0 Å². The highest BCUT2D eigenvalue weighted by Crippen LogP contribution is 2.32. The summed E-state index contributed by atoms with van der Waals surface area (Å²) in [5.74, 6) is -0.147. The molecule has 1 rings (SSSR count). The second kappa shape index (κ2) is 6.07. The number of benzene rings is 1. The zero-order valence-electron chi connectivity index (χ0n) is 11.0. The van der Waals surface area contributed by atoms with Crippen molar-refractivity contribution in [3.05, 3.63) is 34.9 Å². The fourth-order valence-electron chi connectivity index (χ4n) is 1.77. The highest BCUT2D eigenvalue weighted by molar-refractivity contribution is 9.10. The molecule has 0 aliphatic heterocycles. The normalized spacial score (nSPS) is 13.7. The minimum atomic E-state index is -4.36. The standard InChI is InChI=1S/C14H16BrF3O/c1-8(2)13(19)12(15)7-10-5-4-9(3)11(6-10)14(16,17)18/h4-6,8,12H,7H2,1-3H3. The van der Waals surface area contributed by atoms with Gasteiger partial charge in [0.05, 0.1) is 10.4 Å². The lowest BCUT2D eigenvalue weighted by Gasteiger charge is -2.15. The van der Waals surface area contributed by atoms with Gasteiger partial charge in [0.15, 0.2) is 0 Å². The van der Waals surface area contributed by atoms with E-state index in [0.29, 0.717) is 5.56 Å². The molecule has 0 spiro atoms. The molecule has 0 bridgehead atoms. The van der Waals surface area contributed by atoms with E-state index in [1.807, 2.05) is 0 Å². The average molecular weight is 337 g/mol. The third kappa shape index (κ3) is 4.34. The summed E-state index contributed by atoms with van der Waals surface area (Å²) in [5.41, 5.74) is 0.0630. The van der Waals surface area contributed by atoms with E-state index < -0.39 is 16.6 Å². The maximum absolute atomic E-state index is 12.8. The molecule has 1 aromatic carbocycles. The lowest BCUT2D eigenvalue weighted by molar-refractivity contribution is -0.138. The van der Waals surface area contributed by atoms with Crippen LogP contribution in [0.4, 0.5) is 13.2 Å². The van der Waals surface area contributed by atoms with Gasteiger partial charge < -0.3 is 0 Å². The van der Waals surface area contributed by atoms with Gasteiger partial charge in [-0.25, -0.2) is 0 Å². The molecule has 1 unspecified atom stereocenters. The molecule has 0 fully saturated rings. The molecule has 0 radical (unpaired) electrons. The van der Waals surface area contributed by atoms with Crippen LogP contribution in [-0.2, 0) is 17.4 Å². The predicted octanol–water partition coefficient (Wildman–Crippen LogP) is 4.54. The Hall–Kier alpha value is -0.840. The van der Waals surface area contributed by atoms with Crippen molar-refractivity contribution in [3.8, 4) is 0 Å². The number of carbonyl (C=O) groups is 1. The van der Waals surface area contributed by atoms with Gasteiger partial charge in [-0.05, 0) is 30.5 Å². The topological polar surface area (TPSA) is 17.1 Å². The Morgan fingerprint density at radius 2 is 1.89 bits per heavy atom. The van der Waals surface area contributed by atoms with Crippen molar-refractivity contribution < 1.29 is 18.0 Å². The van der Waals surface area contributed by atoms with Crippen molar-refractivity contribution in [2.45, 2.75) is 38.2 Å². The van der Waals surface area contributed by atoms with Crippen molar-refractivity contribution in [1.82, 2.24) is 0 Å². The highest BCUT2D eigenvalue weighted by Gasteiger charge is 2.32. The molecular formula is C14H16BrF3O. The smallest absolute Gasteiger partial charge is 0.298 e. The third-order valence-electron chi connectivity index (χ3n) is 2.90. The van der Waals surface area contributed by atoms with Gasteiger partial charge in [-0.2, -0.15) is 13.2 Å². The van der Waals surface area contributed by atoms with E-state index in [1.165, 1.54) is 13.0 Å². The van der Waals surface area contributed by atoms with Crippen LogP contribution in [0.15, 0.2) is 18.2 Å². The molecule has 0 aromatic heterocycles. The molecular weight excluding hydrogens is 321 g/mol. The van der Waals surface area contributed by atoms with E-state index in [2.05, 4.69) is 15.9 Å². The Kier molecular flexibility index (Phi) is 5.18. The second-order valence-electron chi connectivity index (χ2n) is 4.88. The van der Waals surface area contributed by atoms with Crippen LogP contribution >= 0.6 is 15.9 Å². The molecule has 1 nitrogen and oxygen atoms in total. The molecule has 1 aromatic rings. The van der Waals surface area contributed by atoms with Crippen LogP contribution in [0.2, 0.25) is 0 Å². The van der Waals surface area contributed by atoms with Gasteiger partial charge in [0.25, 0.3) is 0 Å². The Labute approximate surface area is 119 Å². The quantitative estimate of drug-likeness (QED) is 0.737. The molecule has 0 aliphatic carbocycles. The Balaban J connectivity index is 2.95. The summed E-state index contributed by atoms with van der Waals surface area (Å²) in [6.07, 6.45) is -4.09. The number of hydrogen-bond donors (Lipinski definition) is 0. The second-order valence-corrected chi connectivity index (χ2v) is 5.98. The van der Waals surface area contributed by atoms with Crippen LogP contribution in [0.25, 0.3) is 0 Å². The van der Waals surface area contributed by atoms with Crippen LogP contribution in [0.5, 0.6) is 0 Å². The number of rotatable bonds is 4. The van der Waals surface area contributed by atoms with E-state index in [4.69, 9.17) is 0 Å². The van der Waals surface area contributed by atoms with Gasteiger partial charge in [0, 0.05) is 5.92 Å². The number of halogens is 4. The Bertz CT molecular complexity index is 466. The molecule has 19 heavy (non-hydrogen) atoms. The number of aryl methyl sites for hydroxylation is 1. The highest BCUT2D eigenvalue weighted by atomic mass is 79.9. The largest absolute Gasteiger partial charge is 0.416 e. The first kappa shape index (κ1) is 16.2. The van der Waals surface area contributed by atoms with E-state index >= 15 is 0 Å². The number of carbonyl (C=O) groups excluding carboxylic acids is 1. The van der Waals surface area contributed by atoms with Gasteiger partial charge in [-0.15, -0.1) is 0 Å². The van der Waals surface area contributed by atoms with Crippen molar-refractivity contribution in [3.63, 3.8) is 0 Å². The zero-order valence-corrected chi connectivity index (χ0v) is 12.6. The van der Waals surface area contributed by atoms with Crippen LogP contribution in [-0.4, -0.2) is 10.6 Å². The first-order valence-electron chi connectivity index (χ1n) is 5.97. The van der Waals surface area contributed by atoms with Crippen molar-refractivity contribution in [2.24, 2.45) is 5.92 Å². The summed E-state index contributed by atoms with van der Waals surface area (Å²) in [7, 11) is 0. The maximum atomic E-state index is 12.8.